The monoisotopic (exact) mass is 290 g/mol. The standard InChI is InChI=1S/C14H18N4OS/c1-3-10-11(4-2)17-18-14(12(10)13(15)16)19-8-9-6-5-7-20-9/h5-7H,3-4,8H2,1-2H3,(H3,15,16). The summed E-state index contributed by atoms with van der Waals surface area (Å²) in [5, 5.41) is 18.0. The summed E-state index contributed by atoms with van der Waals surface area (Å²) in [7, 11) is 0. The average molecular weight is 290 g/mol. The van der Waals surface area contributed by atoms with Gasteiger partial charge in [-0.1, -0.05) is 19.9 Å². The minimum absolute atomic E-state index is 0.0207. The van der Waals surface area contributed by atoms with Gasteiger partial charge in [0.2, 0.25) is 5.88 Å². The van der Waals surface area contributed by atoms with Gasteiger partial charge in [0.15, 0.2) is 0 Å². The third-order valence-corrected chi connectivity index (χ3v) is 3.86. The SMILES string of the molecule is CCc1nnc(OCc2cccs2)c(C(=N)N)c1CC. The second kappa shape index (κ2) is 6.47. The van der Waals surface area contributed by atoms with Crippen molar-refractivity contribution in [3.05, 3.63) is 39.2 Å². The number of aromatic nitrogens is 2. The van der Waals surface area contributed by atoms with Crippen molar-refractivity contribution in [1.29, 1.82) is 5.41 Å². The maximum absolute atomic E-state index is 7.78. The highest BCUT2D eigenvalue weighted by Crippen LogP contribution is 2.23. The molecular formula is C14H18N4OS. The lowest BCUT2D eigenvalue weighted by molar-refractivity contribution is 0.292. The number of thiophene rings is 1. The highest BCUT2D eigenvalue weighted by molar-refractivity contribution is 7.09. The number of nitrogen functional groups attached to an aromatic ring is 1. The summed E-state index contributed by atoms with van der Waals surface area (Å²) < 4.78 is 5.70. The Bertz CT molecular complexity index is 595. The number of nitrogens with one attached hydrogen (secondary N) is 1. The smallest absolute Gasteiger partial charge is 0.245 e. The molecule has 3 N–H and O–H groups in total. The van der Waals surface area contributed by atoms with Gasteiger partial charge in [0, 0.05) is 4.88 Å². The van der Waals surface area contributed by atoms with Crippen LogP contribution in [0, 0.1) is 5.41 Å². The van der Waals surface area contributed by atoms with Gasteiger partial charge in [-0.25, -0.2) is 0 Å². The highest BCUT2D eigenvalue weighted by Gasteiger charge is 2.18. The fraction of sp³-hybridized carbons (Fsp3) is 0.357. The molecule has 0 unspecified atom stereocenters. The first-order valence-electron chi connectivity index (χ1n) is 6.55. The summed E-state index contributed by atoms with van der Waals surface area (Å²) >= 11 is 1.62. The van der Waals surface area contributed by atoms with Crippen LogP contribution in [0.5, 0.6) is 5.88 Å². The van der Waals surface area contributed by atoms with E-state index in [4.69, 9.17) is 15.9 Å². The van der Waals surface area contributed by atoms with Crippen LogP contribution in [0.1, 0.15) is 35.5 Å². The highest BCUT2D eigenvalue weighted by atomic mass is 32.1. The molecule has 0 aromatic carbocycles. The molecule has 0 saturated heterocycles. The van der Waals surface area contributed by atoms with Gasteiger partial charge in [0.1, 0.15) is 12.4 Å². The molecule has 106 valence electrons. The molecule has 0 atom stereocenters. The largest absolute Gasteiger partial charge is 0.470 e. The van der Waals surface area contributed by atoms with E-state index < -0.39 is 0 Å². The van der Waals surface area contributed by atoms with Crippen molar-refractivity contribution < 1.29 is 4.74 Å². The number of hydrogen-bond donors (Lipinski definition) is 2. The molecule has 6 heteroatoms. The third-order valence-electron chi connectivity index (χ3n) is 3.01. The Morgan fingerprint density at radius 3 is 2.70 bits per heavy atom. The Labute approximate surface area is 122 Å². The van der Waals surface area contributed by atoms with Crippen molar-refractivity contribution in [3.63, 3.8) is 0 Å². The zero-order valence-corrected chi connectivity index (χ0v) is 12.5. The zero-order chi connectivity index (χ0) is 14.5. The van der Waals surface area contributed by atoms with Gasteiger partial charge < -0.3 is 10.5 Å². The van der Waals surface area contributed by atoms with E-state index in [1.807, 2.05) is 31.4 Å². The molecule has 2 aromatic rings. The number of aryl methyl sites for hydroxylation is 1. The molecule has 0 aliphatic heterocycles. The van der Waals surface area contributed by atoms with Crippen LogP contribution in [0.15, 0.2) is 17.5 Å². The maximum Gasteiger partial charge on any atom is 0.245 e. The molecule has 0 aliphatic rings. The van der Waals surface area contributed by atoms with E-state index in [1.165, 1.54) is 0 Å². The van der Waals surface area contributed by atoms with Crippen molar-refractivity contribution in [1.82, 2.24) is 10.2 Å². The number of nitrogens with zero attached hydrogens (tertiary/aromatic N) is 2. The predicted octanol–water partition coefficient (Wildman–Crippen LogP) is 2.53. The van der Waals surface area contributed by atoms with Crippen molar-refractivity contribution in [2.24, 2.45) is 5.73 Å². The second-order valence-corrected chi connectivity index (χ2v) is 5.33. The van der Waals surface area contributed by atoms with E-state index in [-0.39, 0.29) is 5.84 Å². The average Bonchev–Trinajstić information content (AvgIpc) is 2.96. The first-order valence-corrected chi connectivity index (χ1v) is 7.43. The molecule has 0 fully saturated rings. The predicted molar refractivity (Wildman–Crippen MR) is 80.5 cm³/mol. The zero-order valence-electron chi connectivity index (χ0n) is 11.6. The van der Waals surface area contributed by atoms with Crippen LogP contribution in [0.4, 0.5) is 0 Å². The quantitative estimate of drug-likeness (QED) is 0.632. The Balaban J connectivity index is 2.34. The summed E-state index contributed by atoms with van der Waals surface area (Å²) in [4.78, 5) is 1.10. The summed E-state index contributed by atoms with van der Waals surface area (Å²) in [6.45, 7) is 4.45. The van der Waals surface area contributed by atoms with Crippen LogP contribution in [0.2, 0.25) is 0 Å². The molecule has 0 saturated carbocycles. The van der Waals surface area contributed by atoms with Gasteiger partial charge in [-0.05, 0) is 29.9 Å². The fourth-order valence-corrected chi connectivity index (χ4v) is 2.68. The summed E-state index contributed by atoms with van der Waals surface area (Å²) in [6, 6.07) is 3.96. The van der Waals surface area contributed by atoms with Gasteiger partial charge in [-0.3, -0.25) is 5.41 Å². The van der Waals surface area contributed by atoms with Gasteiger partial charge in [0.25, 0.3) is 0 Å². The van der Waals surface area contributed by atoms with E-state index in [1.54, 1.807) is 11.3 Å². The first kappa shape index (κ1) is 14.5. The van der Waals surface area contributed by atoms with E-state index in [2.05, 4.69) is 10.2 Å². The topological polar surface area (TPSA) is 84.9 Å². The number of amidine groups is 1. The summed E-state index contributed by atoms with van der Waals surface area (Å²) in [5.74, 6) is 0.326. The molecule has 0 amide bonds. The van der Waals surface area contributed by atoms with Crippen molar-refractivity contribution >= 4 is 17.2 Å². The van der Waals surface area contributed by atoms with E-state index >= 15 is 0 Å². The van der Waals surface area contributed by atoms with Crippen LogP contribution >= 0.6 is 11.3 Å². The molecule has 0 spiro atoms. The Morgan fingerprint density at radius 2 is 2.15 bits per heavy atom. The van der Waals surface area contributed by atoms with Crippen LogP contribution in [0.25, 0.3) is 0 Å². The second-order valence-electron chi connectivity index (χ2n) is 4.29. The van der Waals surface area contributed by atoms with Crippen LogP contribution in [-0.2, 0) is 19.4 Å². The molecule has 2 heterocycles. The van der Waals surface area contributed by atoms with Gasteiger partial charge in [-0.15, -0.1) is 16.4 Å². The molecule has 2 aromatic heterocycles. The van der Waals surface area contributed by atoms with Gasteiger partial charge in [0.05, 0.1) is 11.3 Å². The number of ether oxygens (including phenoxy) is 1. The molecule has 5 nitrogen and oxygen atoms in total. The lowest BCUT2D eigenvalue weighted by Gasteiger charge is -2.14. The number of rotatable bonds is 6. The Hall–Kier alpha value is -1.95. The van der Waals surface area contributed by atoms with Crippen molar-refractivity contribution in [2.75, 3.05) is 0 Å². The molecule has 0 radical (unpaired) electrons. The minimum Gasteiger partial charge on any atom is -0.470 e. The van der Waals surface area contributed by atoms with Crippen LogP contribution in [0.3, 0.4) is 0 Å². The Morgan fingerprint density at radius 1 is 1.35 bits per heavy atom. The van der Waals surface area contributed by atoms with Crippen LogP contribution < -0.4 is 10.5 Å². The molecular weight excluding hydrogens is 272 g/mol. The normalized spacial score (nSPS) is 10.5. The van der Waals surface area contributed by atoms with Gasteiger partial charge >= 0.3 is 0 Å². The van der Waals surface area contributed by atoms with Crippen molar-refractivity contribution in [2.45, 2.75) is 33.3 Å². The van der Waals surface area contributed by atoms with E-state index in [0.29, 0.717) is 18.1 Å². The third kappa shape index (κ3) is 2.96. The fourth-order valence-electron chi connectivity index (χ4n) is 2.07. The van der Waals surface area contributed by atoms with Crippen LogP contribution in [-0.4, -0.2) is 16.0 Å². The molecule has 0 bridgehead atoms. The van der Waals surface area contributed by atoms with E-state index in [0.717, 1.165) is 29.0 Å². The minimum atomic E-state index is -0.0207. The van der Waals surface area contributed by atoms with Crippen molar-refractivity contribution in [3.8, 4) is 5.88 Å². The molecule has 2 rings (SSSR count). The molecule has 0 aliphatic carbocycles. The summed E-state index contributed by atoms with van der Waals surface area (Å²) in [6.07, 6.45) is 1.52. The number of nitrogens with two attached hydrogens (primary N) is 1. The van der Waals surface area contributed by atoms with Gasteiger partial charge in [-0.2, -0.15) is 5.10 Å². The summed E-state index contributed by atoms with van der Waals surface area (Å²) in [5.41, 5.74) is 8.11. The maximum atomic E-state index is 7.78. The van der Waals surface area contributed by atoms with E-state index in [9.17, 15) is 0 Å². The molecule has 20 heavy (non-hydrogen) atoms. The number of hydrogen-bond acceptors (Lipinski definition) is 5. The lowest BCUT2D eigenvalue weighted by atomic mass is 10.0. The Kier molecular flexibility index (Phi) is 4.68. The lowest BCUT2D eigenvalue weighted by Crippen LogP contribution is -2.19. The first-order chi connectivity index (χ1) is 9.67.